The number of benzene rings is 3. The van der Waals surface area contributed by atoms with Gasteiger partial charge in [-0.05, 0) is 73.9 Å². The number of methoxy groups -OCH3 is 1. The highest BCUT2D eigenvalue weighted by atomic mass is 16.5. The first-order valence-corrected chi connectivity index (χ1v) is 9.92. The number of carbonyl (C=O) groups excluding carboxylic acids is 1. The highest BCUT2D eigenvalue weighted by Gasteiger charge is 2.10. The molecule has 1 amide bonds. The summed E-state index contributed by atoms with van der Waals surface area (Å²) in [4.78, 5) is 12.2. The number of carbonyl (C=O) groups is 1. The molecule has 0 aromatic heterocycles. The molecule has 2 N–H and O–H groups in total. The summed E-state index contributed by atoms with van der Waals surface area (Å²) >= 11 is 0. The summed E-state index contributed by atoms with van der Waals surface area (Å²) in [7, 11) is 1.59. The van der Waals surface area contributed by atoms with Crippen molar-refractivity contribution in [2.75, 3.05) is 24.4 Å². The minimum Gasteiger partial charge on any atom is -0.493 e. The lowest BCUT2D eigenvalue weighted by atomic mass is 10.1. The van der Waals surface area contributed by atoms with Crippen molar-refractivity contribution < 1.29 is 14.3 Å². The molecular weight excluding hydrogens is 376 g/mol. The molecule has 0 spiro atoms. The van der Waals surface area contributed by atoms with Gasteiger partial charge in [-0.3, -0.25) is 4.79 Å². The average molecular weight is 405 g/mol. The van der Waals surface area contributed by atoms with Crippen LogP contribution in [0.5, 0.6) is 11.5 Å². The highest BCUT2D eigenvalue weighted by molar-refractivity contribution is 5.92. The van der Waals surface area contributed by atoms with Gasteiger partial charge in [-0.1, -0.05) is 29.8 Å². The molecule has 5 nitrogen and oxygen atoms in total. The van der Waals surface area contributed by atoms with Gasteiger partial charge in [-0.2, -0.15) is 0 Å². The van der Waals surface area contributed by atoms with Crippen LogP contribution in [0, 0.1) is 20.8 Å². The van der Waals surface area contributed by atoms with Crippen molar-refractivity contribution in [1.82, 2.24) is 0 Å². The van der Waals surface area contributed by atoms with E-state index >= 15 is 0 Å². The van der Waals surface area contributed by atoms with Crippen molar-refractivity contribution in [1.29, 1.82) is 0 Å². The van der Waals surface area contributed by atoms with Crippen LogP contribution in [0.4, 0.5) is 11.4 Å². The number of hydrogen-bond acceptors (Lipinski definition) is 4. The third-order valence-electron chi connectivity index (χ3n) is 4.93. The van der Waals surface area contributed by atoms with Gasteiger partial charge in [0.25, 0.3) is 5.91 Å². The quantitative estimate of drug-likeness (QED) is 0.538. The van der Waals surface area contributed by atoms with Crippen LogP contribution < -0.4 is 20.1 Å². The summed E-state index contributed by atoms with van der Waals surface area (Å²) in [6, 6.07) is 19.8. The molecular formula is C25H28N2O3. The Morgan fingerprint density at radius 3 is 2.27 bits per heavy atom. The number of ether oxygens (including phenoxy) is 2. The fraction of sp³-hybridized carbons (Fsp3) is 0.240. The van der Waals surface area contributed by atoms with Crippen LogP contribution in [0.3, 0.4) is 0 Å². The smallest absolute Gasteiger partial charge is 0.262 e. The molecule has 0 fully saturated rings. The molecule has 3 aromatic carbocycles. The highest BCUT2D eigenvalue weighted by Crippen LogP contribution is 2.28. The van der Waals surface area contributed by atoms with Gasteiger partial charge in [-0.15, -0.1) is 0 Å². The Bertz CT molecular complexity index is 1010. The molecule has 3 aromatic rings. The third kappa shape index (κ3) is 5.77. The average Bonchev–Trinajstić information content (AvgIpc) is 2.74. The molecule has 3 rings (SSSR count). The van der Waals surface area contributed by atoms with Crippen molar-refractivity contribution in [2.24, 2.45) is 0 Å². The first kappa shape index (κ1) is 21.2. The Labute approximate surface area is 178 Å². The van der Waals surface area contributed by atoms with E-state index in [1.165, 1.54) is 11.1 Å². The van der Waals surface area contributed by atoms with E-state index in [0.717, 1.165) is 22.5 Å². The molecule has 0 bridgehead atoms. The second-order valence-corrected chi connectivity index (χ2v) is 7.34. The van der Waals surface area contributed by atoms with E-state index in [2.05, 4.69) is 41.8 Å². The molecule has 0 aliphatic heterocycles. The zero-order valence-corrected chi connectivity index (χ0v) is 17.9. The summed E-state index contributed by atoms with van der Waals surface area (Å²) in [6.07, 6.45) is 0. The number of nitrogens with one attached hydrogen (secondary N) is 2. The van der Waals surface area contributed by atoms with Crippen molar-refractivity contribution in [3.8, 4) is 11.5 Å². The number of amides is 1. The minimum absolute atomic E-state index is 0.0930. The first-order chi connectivity index (χ1) is 14.4. The summed E-state index contributed by atoms with van der Waals surface area (Å²) in [5.74, 6) is 0.912. The van der Waals surface area contributed by atoms with Crippen LogP contribution >= 0.6 is 0 Å². The number of aryl methyl sites for hydroxylation is 3. The molecule has 0 aliphatic rings. The van der Waals surface area contributed by atoms with Crippen LogP contribution in [0.25, 0.3) is 0 Å². The van der Waals surface area contributed by atoms with Gasteiger partial charge in [0, 0.05) is 17.9 Å². The SMILES string of the molecule is COc1cc(CNc2ccc(C)cc2)ccc1OCC(=O)Nc1ccc(C)c(C)c1. The lowest BCUT2D eigenvalue weighted by Gasteiger charge is -2.13. The maximum absolute atomic E-state index is 12.2. The van der Waals surface area contributed by atoms with E-state index in [1.54, 1.807) is 7.11 Å². The second kappa shape index (κ2) is 9.83. The van der Waals surface area contributed by atoms with Crippen molar-refractivity contribution >= 4 is 17.3 Å². The normalized spacial score (nSPS) is 10.4. The fourth-order valence-corrected chi connectivity index (χ4v) is 2.98. The number of rotatable bonds is 8. The maximum Gasteiger partial charge on any atom is 0.262 e. The summed E-state index contributed by atoms with van der Waals surface area (Å²) in [5.41, 5.74) is 6.42. The van der Waals surface area contributed by atoms with Crippen LogP contribution in [0.15, 0.2) is 60.7 Å². The zero-order chi connectivity index (χ0) is 21.5. The molecule has 5 heteroatoms. The van der Waals surface area contributed by atoms with E-state index in [-0.39, 0.29) is 12.5 Å². The van der Waals surface area contributed by atoms with Gasteiger partial charge in [0.05, 0.1) is 7.11 Å². The number of hydrogen-bond donors (Lipinski definition) is 2. The van der Waals surface area contributed by atoms with Crippen LogP contribution in [-0.2, 0) is 11.3 Å². The van der Waals surface area contributed by atoms with Gasteiger partial charge in [0.2, 0.25) is 0 Å². The summed E-state index contributed by atoms with van der Waals surface area (Å²) in [6.45, 7) is 6.69. The monoisotopic (exact) mass is 404 g/mol. The Morgan fingerprint density at radius 1 is 0.833 bits per heavy atom. The Balaban J connectivity index is 1.56. The summed E-state index contributed by atoms with van der Waals surface area (Å²) < 4.78 is 11.1. The summed E-state index contributed by atoms with van der Waals surface area (Å²) in [5, 5.41) is 6.24. The van der Waals surface area contributed by atoms with Gasteiger partial charge in [-0.25, -0.2) is 0 Å². The number of anilines is 2. The molecule has 156 valence electrons. The Hall–Kier alpha value is -3.47. The van der Waals surface area contributed by atoms with Crippen LogP contribution in [0.1, 0.15) is 22.3 Å². The molecule has 0 saturated carbocycles. The largest absolute Gasteiger partial charge is 0.493 e. The molecule has 0 radical (unpaired) electrons. The topological polar surface area (TPSA) is 59.6 Å². The van der Waals surface area contributed by atoms with Gasteiger partial charge >= 0.3 is 0 Å². The van der Waals surface area contributed by atoms with E-state index < -0.39 is 0 Å². The lowest BCUT2D eigenvalue weighted by Crippen LogP contribution is -2.20. The molecule has 0 atom stereocenters. The minimum atomic E-state index is -0.217. The molecule has 30 heavy (non-hydrogen) atoms. The van der Waals surface area contributed by atoms with Crippen molar-refractivity contribution in [2.45, 2.75) is 27.3 Å². The molecule has 0 unspecified atom stereocenters. The van der Waals surface area contributed by atoms with Gasteiger partial charge in [0.15, 0.2) is 18.1 Å². The standard InChI is InChI=1S/C25H28N2O3/c1-17-5-9-21(10-6-17)26-15-20-8-12-23(24(14-20)29-4)30-16-25(28)27-22-11-7-18(2)19(3)13-22/h5-14,26H,15-16H2,1-4H3,(H,27,28). The predicted molar refractivity (Wildman–Crippen MR) is 122 cm³/mol. The molecule has 0 heterocycles. The van der Waals surface area contributed by atoms with E-state index in [0.29, 0.717) is 18.0 Å². The van der Waals surface area contributed by atoms with E-state index in [4.69, 9.17) is 9.47 Å². The third-order valence-corrected chi connectivity index (χ3v) is 4.93. The fourth-order valence-electron chi connectivity index (χ4n) is 2.98. The zero-order valence-electron chi connectivity index (χ0n) is 17.9. The molecule has 0 aliphatic carbocycles. The Kier molecular flexibility index (Phi) is 6.96. The van der Waals surface area contributed by atoms with Crippen LogP contribution in [-0.4, -0.2) is 19.6 Å². The second-order valence-electron chi connectivity index (χ2n) is 7.34. The van der Waals surface area contributed by atoms with Crippen LogP contribution in [0.2, 0.25) is 0 Å². The Morgan fingerprint density at radius 2 is 1.57 bits per heavy atom. The van der Waals surface area contributed by atoms with Gasteiger partial charge < -0.3 is 20.1 Å². The lowest BCUT2D eigenvalue weighted by molar-refractivity contribution is -0.118. The van der Waals surface area contributed by atoms with E-state index in [1.807, 2.05) is 50.2 Å². The maximum atomic E-state index is 12.2. The molecule has 0 saturated heterocycles. The van der Waals surface area contributed by atoms with Crippen molar-refractivity contribution in [3.05, 3.63) is 82.9 Å². The van der Waals surface area contributed by atoms with Gasteiger partial charge in [0.1, 0.15) is 0 Å². The predicted octanol–water partition coefficient (Wildman–Crippen LogP) is 5.25. The van der Waals surface area contributed by atoms with Crippen molar-refractivity contribution in [3.63, 3.8) is 0 Å². The van der Waals surface area contributed by atoms with E-state index in [9.17, 15) is 4.79 Å². The first-order valence-electron chi connectivity index (χ1n) is 9.92.